The van der Waals surface area contributed by atoms with Crippen molar-refractivity contribution in [2.45, 2.75) is 46.1 Å². The molecule has 0 radical (unpaired) electrons. The van der Waals surface area contributed by atoms with Crippen molar-refractivity contribution < 1.29 is 9.53 Å². The van der Waals surface area contributed by atoms with Gasteiger partial charge in [-0.2, -0.15) is 0 Å². The number of hydrogen-bond acceptors (Lipinski definition) is 2. The van der Waals surface area contributed by atoms with Crippen LogP contribution in [0.4, 0.5) is 0 Å². The van der Waals surface area contributed by atoms with Gasteiger partial charge in [-0.25, -0.2) is 4.79 Å². The van der Waals surface area contributed by atoms with Gasteiger partial charge in [0.2, 0.25) is 0 Å². The summed E-state index contributed by atoms with van der Waals surface area (Å²) in [6.45, 7) is 6.89. The van der Waals surface area contributed by atoms with Crippen LogP contribution in [-0.4, -0.2) is 12.1 Å². The zero-order valence-corrected chi connectivity index (χ0v) is 13.0. The SMILES string of the molecule is CC1(C)C2CCC1(C)C(OC(=O)C#Cc1ccccc1)C2. The maximum atomic E-state index is 12.0. The van der Waals surface area contributed by atoms with Crippen molar-refractivity contribution in [2.24, 2.45) is 16.7 Å². The van der Waals surface area contributed by atoms with Crippen LogP contribution in [0.3, 0.4) is 0 Å². The van der Waals surface area contributed by atoms with E-state index < -0.39 is 5.97 Å². The molecule has 2 heteroatoms. The zero-order valence-electron chi connectivity index (χ0n) is 13.0. The molecular weight excluding hydrogens is 260 g/mol. The van der Waals surface area contributed by atoms with E-state index in [0.717, 1.165) is 18.4 Å². The van der Waals surface area contributed by atoms with Gasteiger partial charge < -0.3 is 4.74 Å². The number of ether oxygens (including phenoxy) is 1. The molecule has 2 saturated carbocycles. The lowest BCUT2D eigenvalue weighted by Gasteiger charge is -2.38. The Hall–Kier alpha value is -1.75. The first kappa shape index (κ1) is 14.2. The minimum atomic E-state index is -0.395. The maximum absolute atomic E-state index is 12.0. The van der Waals surface area contributed by atoms with E-state index in [1.807, 2.05) is 30.3 Å². The van der Waals surface area contributed by atoms with Gasteiger partial charge in [0.15, 0.2) is 0 Å². The third-order valence-electron chi connectivity index (χ3n) is 6.05. The molecule has 0 spiro atoms. The van der Waals surface area contributed by atoms with E-state index in [9.17, 15) is 4.79 Å². The topological polar surface area (TPSA) is 26.3 Å². The molecule has 3 atom stereocenters. The summed E-state index contributed by atoms with van der Waals surface area (Å²) in [5.74, 6) is 5.76. The van der Waals surface area contributed by atoms with Crippen LogP contribution in [0.2, 0.25) is 0 Å². The molecule has 21 heavy (non-hydrogen) atoms. The van der Waals surface area contributed by atoms with Crippen molar-refractivity contribution in [3.8, 4) is 11.8 Å². The number of esters is 1. The number of rotatable bonds is 1. The molecule has 0 heterocycles. The average molecular weight is 282 g/mol. The van der Waals surface area contributed by atoms with E-state index in [2.05, 4.69) is 32.6 Å². The molecule has 2 bridgehead atoms. The van der Waals surface area contributed by atoms with Gasteiger partial charge in [0.25, 0.3) is 0 Å². The second kappa shape index (κ2) is 4.91. The largest absolute Gasteiger partial charge is 0.452 e. The number of benzene rings is 1. The van der Waals surface area contributed by atoms with Crippen molar-refractivity contribution in [2.75, 3.05) is 0 Å². The van der Waals surface area contributed by atoms with Gasteiger partial charge in [-0.15, -0.1) is 0 Å². The number of carbonyl (C=O) groups is 1. The van der Waals surface area contributed by atoms with Gasteiger partial charge in [-0.1, -0.05) is 44.9 Å². The maximum Gasteiger partial charge on any atom is 0.385 e. The second-order valence-corrected chi connectivity index (χ2v) is 7.12. The molecule has 3 rings (SSSR count). The highest BCUT2D eigenvalue weighted by Crippen LogP contribution is 2.66. The molecule has 0 amide bonds. The average Bonchev–Trinajstić information content (AvgIpc) is 2.79. The standard InChI is InChI=1S/C19H22O2/c1-18(2)15-11-12-19(18,3)16(13-15)21-17(20)10-9-14-7-5-4-6-8-14/h4-8,15-16H,11-13H2,1-3H3. The monoisotopic (exact) mass is 282 g/mol. The zero-order chi connectivity index (χ0) is 15.1. The van der Waals surface area contributed by atoms with Crippen molar-refractivity contribution in [3.63, 3.8) is 0 Å². The normalized spacial score (nSPS) is 32.3. The van der Waals surface area contributed by atoms with E-state index in [0.29, 0.717) is 5.92 Å². The van der Waals surface area contributed by atoms with Crippen molar-refractivity contribution in [1.29, 1.82) is 0 Å². The summed E-state index contributed by atoms with van der Waals surface area (Å²) in [4.78, 5) is 12.0. The molecule has 0 N–H and O–H groups in total. The Bertz CT molecular complexity index is 605. The van der Waals surface area contributed by atoms with Crippen LogP contribution in [0.1, 0.15) is 45.6 Å². The van der Waals surface area contributed by atoms with Crippen LogP contribution in [0.15, 0.2) is 30.3 Å². The van der Waals surface area contributed by atoms with Crippen LogP contribution in [0, 0.1) is 28.6 Å². The molecule has 2 nitrogen and oxygen atoms in total. The minimum absolute atomic E-state index is 0.0174. The molecule has 2 aliphatic carbocycles. The lowest BCUT2D eigenvalue weighted by molar-refractivity contribution is -0.149. The Morgan fingerprint density at radius 1 is 1.24 bits per heavy atom. The Morgan fingerprint density at radius 2 is 1.95 bits per heavy atom. The highest BCUT2D eigenvalue weighted by atomic mass is 16.5. The Balaban J connectivity index is 1.69. The first-order valence-electron chi connectivity index (χ1n) is 7.71. The summed E-state index contributed by atoms with van der Waals surface area (Å²) in [7, 11) is 0. The van der Waals surface area contributed by atoms with Gasteiger partial charge in [-0.05, 0) is 42.7 Å². The van der Waals surface area contributed by atoms with E-state index in [1.54, 1.807) is 0 Å². The highest BCUT2D eigenvalue weighted by Gasteiger charge is 2.62. The summed E-state index contributed by atoms with van der Waals surface area (Å²) in [6, 6.07) is 9.54. The molecule has 2 aliphatic rings. The highest BCUT2D eigenvalue weighted by molar-refractivity contribution is 5.89. The molecular formula is C19H22O2. The molecule has 1 aromatic rings. The first-order chi connectivity index (χ1) is 9.93. The van der Waals surface area contributed by atoms with Crippen LogP contribution < -0.4 is 0 Å². The van der Waals surface area contributed by atoms with Crippen molar-refractivity contribution >= 4 is 5.97 Å². The van der Waals surface area contributed by atoms with Gasteiger partial charge in [0.05, 0.1) is 0 Å². The van der Waals surface area contributed by atoms with Gasteiger partial charge in [0.1, 0.15) is 6.10 Å². The minimum Gasteiger partial charge on any atom is -0.452 e. The lowest BCUT2D eigenvalue weighted by atomic mass is 9.70. The molecule has 1 aromatic carbocycles. The van der Waals surface area contributed by atoms with E-state index in [1.165, 1.54) is 6.42 Å². The smallest absolute Gasteiger partial charge is 0.385 e. The van der Waals surface area contributed by atoms with Crippen LogP contribution >= 0.6 is 0 Å². The summed E-state index contributed by atoms with van der Waals surface area (Å²) in [5, 5.41) is 0. The fourth-order valence-electron chi connectivity index (χ4n) is 4.11. The molecule has 0 saturated heterocycles. The number of fused-ring (bicyclic) bond motifs is 2. The Kier molecular flexibility index (Phi) is 3.32. The quantitative estimate of drug-likeness (QED) is 0.578. The van der Waals surface area contributed by atoms with Gasteiger partial charge in [0, 0.05) is 16.9 Å². The third kappa shape index (κ3) is 2.25. The molecule has 3 unspecified atom stereocenters. The van der Waals surface area contributed by atoms with Crippen molar-refractivity contribution in [3.05, 3.63) is 35.9 Å². The first-order valence-corrected chi connectivity index (χ1v) is 7.71. The fourth-order valence-corrected chi connectivity index (χ4v) is 4.11. The number of carbonyl (C=O) groups excluding carboxylic acids is 1. The molecule has 2 fully saturated rings. The van der Waals surface area contributed by atoms with Crippen LogP contribution in [0.25, 0.3) is 0 Å². The predicted octanol–water partition coefficient (Wildman–Crippen LogP) is 3.80. The van der Waals surface area contributed by atoms with Gasteiger partial charge >= 0.3 is 5.97 Å². The Labute approximate surface area is 126 Å². The summed E-state index contributed by atoms with van der Waals surface area (Å²) < 4.78 is 5.69. The predicted molar refractivity (Wildman–Crippen MR) is 82.4 cm³/mol. The summed E-state index contributed by atoms with van der Waals surface area (Å²) >= 11 is 0. The second-order valence-electron chi connectivity index (χ2n) is 7.12. The number of hydrogen-bond donors (Lipinski definition) is 0. The molecule has 0 aromatic heterocycles. The van der Waals surface area contributed by atoms with Gasteiger partial charge in [-0.3, -0.25) is 0 Å². The van der Waals surface area contributed by atoms with E-state index in [-0.39, 0.29) is 16.9 Å². The Morgan fingerprint density at radius 3 is 2.52 bits per heavy atom. The third-order valence-corrected chi connectivity index (χ3v) is 6.05. The summed E-state index contributed by atoms with van der Waals surface area (Å²) in [6.07, 6.45) is 3.41. The van der Waals surface area contributed by atoms with Crippen LogP contribution in [0.5, 0.6) is 0 Å². The van der Waals surface area contributed by atoms with Crippen LogP contribution in [-0.2, 0) is 9.53 Å². The van der Waals surface area contributed by atoms with E-state index >= 15 is 0 Å². The molecule has 0 aliphatic heterocycles. The van der Waals surface area contributed by atoms with E-state index in [4.69, 9.17) is 4.74 Å². The lowest BCUT2D eigenvalue weighted by Crippen LogP contribution is -2.38. The van der Waals surface area contributed by atoms with Crippen molar-refractivity contribution in [1.82, 2.24) is 0 Å². The molecule has 110 valence electrons. The fraction of sp³-hybridized carbons (Fsp3) is 0.526. The summed E-state index contributed by atoms with van der Waals surface area (Å²) in [5.41, 5.74) is 1.20.